The topological polar surface area (TPSA) is 106 Å². The minimum absolute atomic E-state index is 0.250. The maximum Gasteiger partial charge on any atom is 0.346 e. The van der Waals surface area contributed by atoms with E-state index in [4.69, 9.17) is 18.9 Å². The summed E-state index contributed by atoms with van der Waals surface area (Å²) in [6, 6.07) is 39.1. The molecular formula is C85H109N3O6S2. The largest absolute Gasteiger partial charge is 0.493 e. The predicted molar refractivity (Wildman–Crippen MR) is 407 cm³/mol. The highest BCUT2D eigenvalue weighted by molar-refractivity contribution is 7.29. The van der Waals surface area contributed by atoms with Crippen LogP contribution in [0.25, 0.3) is 59.2 Å². The SMILES string of the molecule is CCCCCCOc1cc(OCCCCCC)c2c(c1)C(C)(C)c1cc(N(c3ccc(-c4cc5c(s4)c4sc(/C=C(/C#N)C(=O)O)cc4n5C(CCCCCC)CCCCCC)cc3)c3ccc4c(c3)C(C)(C)c3cc(OCCCCCC)cc(OCCCCCC)c3-4)ccc1-2. The van der Waals surface area contributed by atoms with Gasteiger partial charge in [-0.05, 0) is 144 Å². The Labute approximate surface area is 583 Å². The Morgan fingerprint density at radius 3 is 1.35 bits per heavy atom. The molecule has 0 saturated heterocycles. The van der Waals surface area contributed by atoms with Crippen molar-refractivity contribution in [3.63, 3.8) is 0 Å². The minimum atomic E-state index is -1.20. The lowest BCUT2D eigenvalue weighted by atomic mass is 9.82. The van der Waals surface area contributed by atoms with Crippen molar-refractivity contribution in [3.8, 4) is 61.8 Å². The van der Waals surface area contributed by atoms with Crippen LogP contribution >= 0.6 is 22.7 Å². The van der Waals surface area contributed by atoms with E-state index >= 15 is 0 Å². The number of carbonyl (C=O) groups is 1. The van der Waals surface area contributed by atoms with Crippen LogP contribution in [0, 0.1) is 11.3 Å². The highest BCUT2D eigenvalue weighted by Crippen LogP contribution is 2.58. The summed E-state index contributed by atoms with van der Waals surface area (Å²) >= 11 is 3.42. The van der Waals surface area contributed by atoms with Gasteiger partial charge in [0, 0.05) is 66.9 Å². The second-order valence-electron chi connectivity index (χ2n) is 28.3. The maximum atomic E-state index is 12.2. The second kappa shape index (κ2) is 34.0. The molecule has 2 aliphatic carbocycles. The summed E-state index contributed by atoms with van der Waals surface area (Å²) in [5.74, 6) is 2.37. The van der Waals surface area contributed by atoms with Crippen LogP contribution < -0.4 is 23.8 Å². The first-order valence-corrected chi connectivity index (χ1v) is 38.8. The summed E-state index contributed by atoms with van der Waals surface area (Å²) < 4.78 is 31.9. The fourth-order valence-electron chi connectivity index (χ4n) is 14.8. The fourth-order valence-corrected chi connectivity index (χ4v) is 17.2. The molecule has 0 amide bonds. The average molecular weight is 1330 g/mol. The summed E-state index contributed by atoms with van der Waals surface area (Å²) in [6.07, 6.45) is 31.6. The molecule has 96 heavy (non-hydrogen) atoms. The Balaban J connectivity index is 1.09. The van der Waals surface area contributed by atoms with Crippen LogP contribution in [-0.4, -0.2) is 42.1 Å². The highest BCUT2D eigenvalue weighted by atomic mass is 32.1. The van der Waals surface area contributed by atoms with E-state index in [1.807, 2.05) is 17.4 Å². The zero-order chi connectivity index (χ0) is 67.8. The summed E-state index contributed by atoms with van der Waals surface area (Å²) in [5, 5.41) is 19.8. The molecule has 0 radical (unpaired) electrons. The molecule has 512 valence electrons. The van der Waals surface area contributed by atoms with Crippen molar-refractivity contribution in [2.45, 2.75) is 253 Å². The molecule has 5 aromatic carbocycles. The van der Waals surface area contributed by atoms with Crippen molar-refractivity contribution in [1.82, 2.24) is 4.57 Å². The molecule has 0 unspecified atom stereocenters. The van der Waals surface area contributed by atoms with Crippen LogP contribution in [0.2, 0.25) is 0 Å². The van der Waals surface area contributed by atoms with Crippen LogP contribution in [-0.2, 0) is 15.6 Å². The third kappa shape index (κ3) is 16.2. The number of fused-ring (bicyclic) bond motifs is 9. The van der Waals surface area contributed by atoms with E-state index in [-0.39, 0.29) is 16.4 Å². The first-order chi connectivity index (χ1) is 46.7. The number of unbranched alkanes of at least 4 members (excludes halogenated alkanes) is 18. The van der Waals surface area contributed by atoms with Crippen molar-refractivity contribution < 1.29 is 28.8 Å². The molecule has 0 spiro atoms. The zero-order valence-electron chi connectivity index (χ0n) is 59.8. The van der Waals surface area contributed by atoms with Gasteiger partial charge in [-0.25, -0.2) is 4.79 Å². The molecule has 10 rings (SSSR count). The Morgan fingerprint density at radius 1 is 0.500 bits per heavy atom. The number of aliphatic carboxylic acids is 1. The first-order valence-electron chi connectivity index (χ1n) is 37.2. The van der Waals surface area contributed by atoms with Gasteiger partial charge in [-0.1, -0.05) is 222 Å². The Kier molecular flexibility index (Phi) is 25.4. The molecule has 8 aromatic rings. The number of carboxylic acid groups (broad SMARTS) is 1. The number of hydrogen-bond donors (Lipinski definition) is 1. The first kappa shape index (κ1) is 71.8. The van der Waals surface area contributed by atoms with E-state index < -0.39 is 5.97 Å². The van der Waals surface area contributed by atoms with Crippen molar-refractivity contribution in [2.24, 2.45) is 0 Å². The maximum absolute atomic E-state index is 12.2. The Bertz CT molecular complexity index is 3810. The number of carboxylic acids is 1. The number of nitriles is 1. The fraction of sp³-hybridized carbons (Fsp3) is 0.506. The quantitative estimate of drug-likeness (QED) is 0.0229. The van der Waals surface area contributed by atoms with Crippen molar-refractivity contribution in [2.75, 3.05) is 31.3 Å². The number of ether oxygens (including phenoxy) is 4. The third-order valence-electron chi connectivity index (χ3n) is 20.3. The van der Waals surface area contributed by atoms with Crippen LogP contribution in [0.4, 0.5) is 17.1 Å². The van der Waals surface area contributed by atoms with E-state index in [0.717, 1.165) is 138 Å². The van der Waals surface area contributed by atoms with Crippen LogP contribution in [0.1, 0.15) is 269 Å². The third-order valence-corrected chi connectivity index (χ3v) is 22.7. The van der Waals surface area contributed by atoms with Gasteiger partial charge in [0.1, 0.15) is 34.6 Å². The molecule has 2 aliphatic rings. The number of benzene rings is 5. The monoisotopic (exact) mass is 1330 g/mol. The molecule has 3 heterocycles. The van der Waals surface area contributed by atoms with Crippen LogP contribution in [0.3, 0.4) is 0 Å². The van der Waals surface area contributed by atoms with Crippen molar-refractivity contribution in [1.29, 1.82) is 5.26 Å². The number of anilines is 3. The molecule has 0 fully saturated rings. The van der Waals surface area contributed by atoms with Crippen LogP contribution in [0.15, 0.2) is 103 Å². The molecule has 0 aliphatic heterocycles. The number of nitrogens with zero attached hydrogens (tertiary/aromatic N) is 3. The lowest BCUT2D eigenvalue weighted by molar-refractivity contribution is -0.132. The highest BCUT2D eigenvalue weighted by Gasteiger charge is 2.41. The molecule has 11 heteroatoms. The van der Waals surface area contributed by atoms with Gasteiger partial charge in [0.15, 0.2) is 0 Å². The number of aromatic nitrogens is 1. The molecule has 0 saturated carbocycles. The average Bonchev–Trinajstić information content (AvgIpc) is 1.58. The normalized spacial score (nSPS) is 13.5. The van der Waals surface area contributed by atoms with Crippen molar-refractivity contribution >= 4 is 72.2 Å². The molecule has 0 bridgehead atoms. The Hall–Kier alpha value is -7.00. The summed E-state index contributed by atoms with van der Waals surface area (Å²) in [6.45, 7) is 25.8. The summed E-state index contributed by atoms with van der Waals surface area (Å²) in [5.41, 5.74) is 15.5. The van der Waals surface area contributed by atoms with E-state index in [0.29, 0.717) is 32.5 Å². The second-order valence-corrected chi connectivity index (χ2v) is 30.4. The van der Waals surface area contributed by atoms with E-state index in [9.17, 15) is 15.2 Å². The molecule has 0 atom stereocenters. The molecule has 1 N–H and O–H groups in total. The molecule has 3 aromatic heterocycles. The summed E-state index contributed by atoms with van der Waals surface area (Å²) in [7, 11) is 0. The van der Waals surface area contributed by atoms with Gasteiger partial charge in [0.05, 0.1) is 46.9 Å². The van der Waals surface area contributed by atoms with E-state index in [1.54, 1.807) is 17.4 Å². The zero-order valence-corrected chi connectivity index (χ0v) is 61.4. The lowest BCUT2D eigenvalue weighted by Crippen LogP contribution is -2.18. The van der Waals surface area contributed by atoms with Gasteiger partial charge in [-0.2, -0.15) is 5.26 Å². The Morgan fingerprint density at radius 2 is 0.917 bits per heavy atom. The van der Waals surface area contributed by atoms with E-state index in [2.05, 4.69) is 176 Å². The van der Waals surface area contributed by atoms with Gasteiger partial charge in [0.2, 0.25) is 0 Å². The van der Waals surface area contributed by atoms with Gasteiger partial charge in [-0.3, -0.25) is 0 Å². The van der Waals surface area contributed by atoms with Gasteiger partial charge < -0.3 is 33.5 Å². The number of hydrogen-bond acceptors (Lipinski definition) is 9. The predicted octanol–water partition coefficient (Wildman–Crippen LogP) is 26.0. The molecule has 9 nitrogen and oxygen atoms in total. The van der Waals surface area contributed by atoms with Crippen LogP contribution in [0.5, 0.6) is 23.0 Å². The number of thiophene rings is 2. The molecular weight excluding hydrogens is 1220 g/mol. The van der Waals surface area contributed by atoms with Gasteiger partial charge in [0.25, 0.3) is 0 Å². The minimum Gasteiger partial charge on any atom is -0.493 e. The van der Waals surface area contributed by atoms with Crippen molar-refractivity contribution in [3.05, 3.63) is 130 Å². The smallest absolute Gasteiger partial charge is 0.346 e. The van der Waals surface area contributed by atoms with E-state index in [1.165, 1.54) is 149 Å². The van der Waals surface area contributed by atoms with Gasteiger partial charge >= 0.3 is 5.97 Å². The lowest BCUT2D eigenvalue weighted by Gasteiger charge is -2.30. The summed E-state index contributed by atoms with van der Waals surface area (Å²) in [4.78, 5) is 16.6. The number of rotatable bonds is 41. The van der Waals surface area contributed by atoms with Gasteiger partial charge in [-0.15, -0.1) is 22.7 Å². The standard InChI is InChI=1S/C85H109N3O6S2/c1-11-17-23-29-35-61(36-30-24-18-12-2)88-74-56-67(49-60(58-86)83(89)90)95-81(74)82-75(88)57-78(96-82)59-37-39-62(40-38-59)87(63-41-43-68-70(50-63)84(7,8)72-52-65(91-45-31-25-19-13-3)54-76(79(68)72)93-47-33-27-21-15-5)64-42-44-69-71(51-64)85(9,10)73-53-66(92-46-32-26-20-14-4)55-77(80(69)73)94-48-34-28-22-16-6/h37-44,49-57,61H,11-36,45-48H2,1-10H3,(H,89,90)/b60-49-.